The molecule has 0 spiro atoms. The van der Waals surface area contributed by atoms with E-state index >= 15 is 0 Å². The Morgan fingerprint density at radius 3 is 2.40 bits per heavy atom. The van der Waals surface area contributed by atoms with Crippen LogP contribution in [-0.2, 0) is 4.79 Å². The van der Waals surface area contributed by atoms with Gasteiger partial charge >= 0.3 is 0 Å². The van der Waals surface area contributed by atoms with E-state index in [1.165, 1.54) is 32.1 Å². The zero-order valence-corrected chi connectivity index (χ0v) is 13.5. The Morgan fingerprint density at radius 1 is 1.05 bits per heavy atom. The molecule has 110 valence electrons. The molecule has 1 aliphatic rings. The normalized spacial score (nSPS) is 16.1. The molecule has 0 unspecified atom stereocenters. The molecule has 1 aromatic rings. The summed E-state index contributed by atoms with van der Waals surface area (Å²) in [5.74, 6) is 0.676. The first kappa shape index (κ1) is 15.9. The van der Waals surface area contributed by atoms with Gasteiger partial charge < -0.3 is 5.32 Å². The van der Waals surface area contributed by atoms with Gasteiger partial charge in [-0.05, 0) is 24.5 Å². The highest BCUT2D eigenvalue weighted by molar-refractivity contribution is 6.44. The molecule has 20 heavy (non-hydrogen) atoms. The van der Waals surface area contributed by atoms with Gasteiger partial charge in [-0.2, -0.15) is 0 Å². The summed E-state index contributed by atoms with van der Waals surface area (Å²) in [5.41, 5.74) is 0.523. The number of carbonyl (C=O) groups excluding carboxylic acids is 1. The summed E-state index contributed by atoms with van der Waals surface area (Å²) >= 11 is 17.8. The Kier molecular flexibility index (Phi) is 6.01. The second-order valence-electron chi connectivity index (χ2n) is 5.34. The highest BCUT2D eigenvalue weighted by atomic mass is 35.5. The van der Waals surface area contributed by atoms with Crippen molar-refractivity contribution in [2.24, 2.45) is 5.92 Å². The maximum atomic E-state index is 12.0. The average molecular weight is 335 g/mol. The minimum atomic E-state index is -0.0177. The van der Waals surface area contributed by atoms with Crippen LogP contribution in [0.5, 0.6) is 0 Å². The lowest BCUT2D eigenvalue weighted by atomic mass is 9.86. The van der Waals surface area contributed by atoms with Crippen molar-refractivity contribution in [1.82, 2.24) is 0 Å². The molecule has 1 fully saturated rings. The van der Waals surface area contributed by atoms with Crippen LogP contribution in [0.25, 0.3) is 0 Å². The van der Waals surface area contributed by atoms with Gasteiger partial charge in [-0.3, -0.25) is 4.79 Å². The third-order valence-electron chi connectivity index (χ3n) is 3.79. The van der Waals surface area contributed by atoms with E-state index in [0.717, 1.165) is 6.42 Å². The predicted molar refractivity (Wildman–Crippen MR) is 85.9 cm³/mol. The minimum Gasteiger partial charge on any atom is -0.325 e. The van der Waals surface area contributed by atoms with E-state index in [1.54, 1.807) is 12.1 Å². The van der Waals surface area contributed by atoms with Crippen molar-refractivity contribution < 1.29 is 4.79 Å². The van der Waals surface area contributed by atoms with Crippen molar-refractivity contribution in [3.8, 4) is 0 Å². The summed E-state index contributed by atoms with van der Waals surface area (Å²) < 4.78 is 0. The molecule has 0 aliphatic heterocycles. The second-order valence-corrected chi connectivity index (χ2v) is 6.56. The molecule has 1 aromatic carbocycles. The summed E-state index contributed by atoms with van der Waals surface area (Å²) in [6.07, 6.45) is 7.91. The van der Waals surface area contributed by atoms with Gasteiger partial charge in [0.05, 0.1) is 20.8 Å². The van der Waals surface area contributed by atoms with Gasteiger partial charge in [0.1, 0.15) is 0 Å². The Morgan fingerprint density at radius 2 is 1.70 bits per heavy atom. The first-order chi connectivity index (χ1) is 9.56. The Bertz CT molecular complexity index is 484. The van der Waals surface area contributed by atoms with Crippen molar-refractivity contribution in [2.75, 3.05) is 5.32 Å². The first-order valence-electron chi connectivity index (χ1n) is 7.00. The molecule has 1 amide bonds. The Hall–Kier alpha value is -0.440. The van der Waals surface area contributed by atoms with Gasteiger partial charge in [-0.15, -0.1) is 0 Å². The van der Waals surface area contributed by atoms with Crippen LogP contribution in [0.3, 0.4) is 0 Å². The second kappa shape index (κ2) is 7.53. The number of hydrogen-bond acceptors (Lipinski definition) is 1. The standard InChI is InChI=1S/C15H18Cl3NO/c16-11-8-13(18)14(9-12(11)17)19-15(20)7-6-10-4-2-1-3-5-10/h8-10H,1-7H2,(H,19,20). The Balaban J connectivity index is 1.86. The third-order valence-corrected chi connectivity index (χ3v) is 4.82. The molecular formula is C15H18Cl3NO. The topological polar surface area (TPSA) is 29.1 Å². The van der Waals surface area contributed by atoms with E-state index in [2.05, 4.69) is 5.32 Å². The molecule has 2 rings (SSSR count). The number of hydrogen-bond donors (Lipinski definition) is 1. The zero-order valence-electron chi connectivity index (χ0n) is 11.2. The number of halogens is 3. The van der Waals surface area contributed by atoms with Gasteiger partial charge in [0.15, 0.2) is 0 Å². The quantitative estimate of drug-likeness (QED) is 0.678. The van der Waals surface area contributed by atoms with Crippen LogP contribution in [0.2, 0.25) is 15.1 Å². The van der Waals surface area contributed by atoms with Crippen LogP contribution in [-0.4, -0.2) is 5.91 Å². The fraction of sp³-hybridized carbons (Fsp3) is 0.533. The Labute approximate surface area is 134 Å². The van der Waals surface area contributed by atoms with Gasteiger partial charge in [0, 0.05) is 6.42 Å². The number of rotatable bonds is 4. The number of amides is 1. The van der Waals surface area contributed by atoms with E-state index in [0.29, 0.717) is 33.1 Å². The summed E-state index contributed by atoms with van der Waals surface area (Å²) in [4.78, 5) is 12.0. The monoisotopic (exact) mass is 333 g/mol. The van der Waals surface area contributed by atoms with Crippen molar-refractivity contribution in [3.05, 3.63) is 27.2 Å². The predicted octanol–water partition coefficient (Wildman–Crippen LogP) is 5.95. The van der Waals surface area contributed by atoms with Crippen LogP contribution in [0.15, 0.2) is 12.1 Å². The van der Waals surface area contributed by atoms with E-state index in [1.807, 2.05) is 0 Å². The van der Waals surface area contributed by atoms with Crippen molar-refractivity contribution in [1.29, 1.82) is 0 Å². The average Bonchev–Trinajstić information content (AvgIpc) is 2.44. The molecule has 5 heteroatoms. The summed E-state index contributed by atoms with van der Waals surface area (Å²) in [6.45, 7) is 0. The van der Waals surface area contributed by atoms with Crippen molar-refractivity contribution >= 4 is 46.4 Å². The lowest BCUT2D eigenvalue weighted by molar-refractivity contribution is -0.116. The van der Waals surface area contributed by atoms with E-state index in [-0.39, 0.29) is 5.91 Å². The number of nitrogens with one attached hydrogen (secondary N) is 1. The SMILES string of the molecule is O=C(CCC1CCCCC1)Nc1cc(Cl)c(Cl)cc1Cl. The molecule has 1 N–H and O–H groups in total. The fourth-order valence-corrected chi connectivity index (χ4v) is 3.24. The molecule has 1 saturated carbocycles. The van der Waals surface area contributed by atoms with E-state index in [4.69, 9.17) is 34.8 Å². The van der Waals surface area contributed by atoms with Gasteiger partial charge in [-0.25, -0.2) is 0 Å². The highest BCUT2D eigenvalue weighted by Gasteiger charge is 2.15. The van der Waals surface area contributed by atoms with Crippen LogP contribution in [0, 0.1) is 5.92 Å². The van der Waals surface area contributed by atoms with Crippen LogP contribution < -0.4 is 5.32 Å². The van der Waals surface area contributed by atoms with Crippen molar-refractivity contribution in [3.63, 3.8) is 0 Å². The molecule has 1 aliphatic carbocycles. The number of benzene rings is 1. The first-order valence-corrected chi connectivity index (χ1v) is 8.14. The largest absolute Gasteiger partial charge is 0.325 e. The maximum absolute atomic E-state index is 12.0. The molecule has 0 radical (unpaired) electrons. The number of anilines is 1. The van der Waals surface area contributed by atoms with E-state index < -0.39 is 0 Å². The molecular weight excluding hydrogens is 317 g/mol. The van der Waals surface area contributed by atoms with Crippen molar-refractivity contribution in [2.45, 2.75) is 44.9 Å². The zero-order chi connectivity index (χ0) is 14.5. The molecule has 0 atom stereocenters. The van der Waals surface area contributed by atoms with Crippen LogP contribution in [0.4, 0.5) is 5.69 Å². The molecule has 0 heterocycles. The molecule has 2 nitrogen and oxygen atoms in total. The number of carbonyl (C=O) groups is 1. The van der Waals surface area contributed by atoms with Gasteiger partial charge in [-0.1, -0.05) is 66.9 Å². The lowest BCUT2D eigenvalue weighted by Crippen LogP contribution is -2.15. The fourth-order valence-electron chi connectivity index (χ4n) is 2.64. The summed E-state index contributed by atoms with van der Waals surface area (Å²) in [7, 11) is 0. The van der Waals surface area contributed by atoms with Crippen LogP contribution >= 0.6 is 34.8 Å². The van der Waals surface area contributed by atoms with Gasteiger partial charge in [0.2, 0.25) is 5.91 Å². The van der Waals surface area contributed by atoms with Crippen LogP contribution in [0.1, 0.15) is 44.9 Å². The minimum absolute atomic E-state index is 0.0177. The van der Waals surface area contributed by atoms with E-state index in [9.17, 15) is 4.79 Å². The lowest BCUT2D eigenvalue weighted by Gasteiger charge is -2.21. The molecule has 0 aromatic heterocycles. The smallest absolute Gasteiger partial charge is 0.224 e. The molecule has 0 bridgehead atoms. The maximum Gasteiger partial charge on any atom is 0.224 e. The van der Waals surface area contributed by atoms with Gasteiger partial charge in [0.25, 0.3) is 0 Å². The third kappa shape index (κ3) is 4.54. The summed E-state index contributed by atoms with van der Waals surface area (Å²) in [6, 6.07) is 3.13. The highest BCUT2D eigenvalue weighted by Crippen LogP contribution is 2.32. The summed E-state index contributed by atoms with van der Waals surface area (Å²) in [5, 5.41) is 3.99. The molecule has 0 saturated heterocycles.